The van der Waals surface area contributed by atoms with Crippen LogP contribution in [0.4, 0.5) is 0 Å². The molecule has 1 aliphatic rings. The summed E-state index contributed by atoms with van der Waals surface area (Å²) in [6.45, 7) is 5.96. The molecule has 0 radical (unpaired) electrons. The van der Waals surface area contributed by atoms with Gasteiger partial charge in [-0.25, -0.2) is 0 Å². The Labute approximate surface area is 163 Å². The molecule has 1 fully saturated rings. The van der Waals surface area contributed by atoms with E-state index in [0.717, 1.165) is 39.0 Å². The van der Waals surface area contributed by atoms with Crippen LogP contribution >= 0.6 is 37.2 Å². The number of likely N-dealkylation sites (N-methyl/N-ethyl adjacent to an activating group) is 1. The summed E-state index contributed by atoms with van der Waals surface area (Å²) in [6.07, 6.45) is 6.55. The third-order valence-corrected chi connectivity index (χ3v) is 4.41. The summed E-state index contributed by atoms with van der Waals surface area (Å²) in [4.78, 5) is 16.4. The summed E-state index contributed by atoms with van der Waals surface area (Å²) in [7, 11) is 1.89. The van der Waals surface area contributed by atoms with Gasteiger partial charge in [0.05, 0.1) is 12.6 Å². The first-order valence-electron chi connectivity index (χ1n) is 7.83. The van der Waals surface area contributed by atoms with Gasteiger partial charge in [-0.1, -0.05) is 6.92 Å². The lowest BCUT2D eigenvalue weighted by atomic mass is 10.0. The zero-order chi connectivity index (χ0) is 15.2. The highest BCUT2D eigenvalue weighted by molar-refractivity contribution is 5.86. The minimum Gasteiger partial charge on any atom is -0.341 e. The van der Waals surface area contributed by atoms with Crippen molar-refractivity contribution in [3.05, 3.63) is 18.5 Å². The lowest BCUT2D eigenvalue weighted by Gasteiger charge is -2.37. The van der Waals surface area contributed by atoms with E-state index >= 15 is 0 Å². The van der Waals surface area contributed by atoms with E-state index in [9.17, 15) is 4.79 Å². The van der Waals surface area contributed by atoms with E-state index in [1.165, 1.54) is 0 Å². The largest absolute Gasteiger partial charge is 0.341 e. The normalized spacial score (nSPS) is 16.3. The minimum atomic E-state index is -0.354. The summed E-state index contributed by atoms with van der Waals surface area (Å²) in [6, 6.07) is 1.92. The number of carbonyl (C=O) groups is 1. The molecule has 1 saturated heterocycles. The average molecular weight is 403 g/mol. The first kappa shape index (κ1) is 25.7. The van der Waals surface area contributed by atoms with Crippen molar-refractivity contribution in [2.75, 3.05) is 26.7 Å². The van der Waals surface area contributed by atoms with Gasteiger partial charge in [-0.05, 0) is 25.3 Å². The van der Waals surface area contributed by atoms with Crippen LogP contribution in [0, 0.1) is 0 Å². The molecule has 1 atom stereocenters. The number of nitrogens with two attached hydrogens (primary N) is 1. The molecule has 0 bridgehead atoms. The van der Waals surface area contributed by atoms with E-state index in [1.54, 1.807) is 0 Å². The van der Waals surface area contributed by atoms with Crippen molar-refractivity contribution >= 4 is 43.1 Å². The molecule has 1 amide bonds. The molecule has 2 rings (SSSR count). The molecule has 0 aliphatic carbocycles. The summed E-state index contributed by atoms with van der Waals surface area (Å²) in [5.41, 5.74) is 5.84. The lowest BCUT2D eigenvalue weighted by molar-refractivity contribution is -0.134. The molecule has 9 heteroatoms. The SMILES string of the molecule is CC[C@H](N)C(=O)N(C)C1CCN(CCn2cccn2)CC1.Cl.Cl.Cl. The zero-order valence-electron chi connectivity index (χ0n) is 14.3. The maximum Gasteiger partial charge on any atom is 0.239 e. The molecule has 0 saturated carbocycles. The Morgan fingerprint density at radius 1 is 1.29 bits per heavy atom. The van der Waals surface area contributed by atoms with E-state index in [0.29, 0.717) is 12.5 Å². The number of aromatic nitrogens is 2. The highest BCUT2D eigenvalue weighted by Crippen LogP contribution is 2.16. The molecule has 0 aromatic carbocycles. The minimum absolute atomic E-state index is 0. The van der Waals surface area contributed by atoms with Gasteiger partial charge in [0.1, 0.15) is 0 Å². The molecule has 1 aromatic heterocycles. The van der Waals surface area contributed by atoms with Gasteiger partial charge in [0.15, 0.2) is 0 Å². The van der Waals surface area contributed by atoms with Gasteiger partial charge >= 0.3 is 0 Å². The monoisotopic (exact) mass is 401 g/mol. The maximum atomic E-state index is 12.1. The van der Waals surface area contributed by atoms with Crippen LogP contribution in [0.5, 0.6) is 0 Å². The quantitative estimate of drug-likeness (QED) is 0.788. The Balaban J connectivity index is 0. The van der Waals surface area contributed by atoms with E-state index in [1.807, 2.05) is 42.0 Å². The summed E-state index contributed by atoms with van der Waals surface area (Å²) >= 11 is 0. The van der Waals surface area contributed by atoms with Gasteiger partial charge in [-0.3, -0.25) is 9.48 Å². The summed E-state index contributed by atoms with van der Waals surface area (Å²) < 4.78 is 1.96. The molecule has 1 aromatic rings. The van der Waals surface area contributed by atoms with Crippen molar-refractivity contribution in [2.24, 2.45) is 5.73 Å². The smallest absolute Gasteiger partial charge is 0.239 e. The van der Waals surface area contributed by atoms with Crippen LogP contribution in [0.25, 0.3) is 0 Å². The number of hydrogen-bond donors (Lipinski definition) is 1. The van der Waals surface area contributed by atoms with E-state index in [-0.39, 0.29) is 49.2 Å². The highest BCUT2D eigenvalue weighted by Gasteiger charge is 2.27. The number of rotatable bonds is 6. The molecule has 6 nitrogen and oxygen atoms in total. The first-order chi connectivity index (χ1) is 10.1. The molecule has 2 N–H and O–H groups in total. The molecule has 1 aliphatic heterocycles. The van der Waals surface area contributed by atoms with Crippen LogP contribution in [-0.4, -0.2) is 64.3 Å². The van der Waals surface area contributed by atoms with Crippen LogP contribution in [-0.2, 0) is 11.3 Å². The fourth-order valence-corrected chi connectivity index (χ4v) is 2.82. The zero-order valence-corrected chi connectivity index (χ0v) is 16.8. The number of amides is 1. The average Bonchev–Trinajstić information content (AvgIpc) is 3.04. The van der Waals surface area contributed by atoms with Crippen molar-refractivity contribution in [1.29, 1.82) is 0 Å². The van der Waals surface area contributed by atoms with E-state index in [2.05, 4.69) is 10.00 Å². The molecule has 24 heavy (non-hydrogen) atoms. The van der Waals surface area contributed by atoms with Gasteiger partial charge in [-0.15, -0.1) is 37.2 Å². The third kappa shape index (κ3) is 7.15. The number of nitrogens with zero attached hydrogens (tertiary/aromatic N) is 4. The number of piperidine rings is 1. The predicted octanol–water partition coefficient (Wildman–Crippen LogP) is 1.81. The number of hydrogen-bond acceptors (Lipinski definition) is 4. The van der Waals surface area contributed by atoms with Gasteiger partial charge in [-0.2, -0.15) is 5.10 Å². The van der Waals surface area contributed by atoms with Crippen LogP contribution in [0.15, 0.2) is 18.5 Å². The van der Waals surface area contributed by atoms with Crippen LogP contribution in [0.3, 0.4) is 0 Å². The van der Waals surface area contributed by atoms with Crippen molar-refractivity contribution in [3.8, 4) is 0 Å². The molecule has 0 spiro atoms. The van der Waals surface area contributed by atoms with Gasteiger partial charge in [0, 0.05) is 45.1 Å². The van der Waals surface area contributed by atoms with Gasteiger partial charge in [0.25, 0.3) is 0 Å². The molecule has 142 valence electrons. The van der Waals surface area contributed by atoms with E-state index < -0.39 is 0 Å². The first-order valence-corrected chi connectivity index (χ1v) is 7.83. The Morgan fingerprint density at radius 2 is 1.92 bits per heavy atom. The topological polar surface area (TPSA) is 67.4 Å². The Hall–Kier alpha value is -0.530. The highest BCUT2D eigenvalue weighted by atomic mass is 35.5. The van der Waals surface area contributed by atoms with Crippen molar-refractivity contribution in [2.45, 2.75) is 44.8 Å². The second-order valence-corrected chi connectivity index (χ2v) is 5.81. The number of halogens is 3. The Kier molecular flexibility index (Phi) is 13.7. The lowest BCUT2D eigenvalue weighted by Crippen LogP contribution is -2.50. The van der Waals surface area contributed by atoms with Crippen LogP contribution in [0.1, 0.15) is 26.2 Å². The van der Waals surface area contributed by atoms with Crippen LogP contribution < -0.4 is 5.73 Å². The third-order valence-electron chi connectivity index (χ3n) is 4.41. The van der Waals surface area contributed by atoms with Crippen LogP contribution in [0.2, 0.25) is 0 Å². The fraction of sp³-hybridized carbons (Fsp3) is 0.733. The molecular weight excluding hydrogens is 373 g/mol. The Bertz CT molecular complexity index is 438. The fourth-order valence-electron chi connectivity index (χ4n) is 2.82. The van der Waals surface area contributed by atoms with Gasteiger partial charge < -0.3 is 15.5 Å². The second kappa shape index (κ2) is 12.8. The second-order valence-electron chi connectivity index (χ2n) is 5.81. The Morgan fingerprint density at radius 3 is 2.42 bits per heavy atom. The number of carbonyl (C=O) groups excluding carboxylic acids is 1. The molecular formula is C15H30Cl3N5O. The standard InChI is InChI=1S/C15H27N5O.3ClH/c1-3-14(16)15(21)18(2)13-5-9-19(10-6-13)11-12-20-8-4-7-17-20;;;/h4,7-8,13-14H,3,5-6,9-12,16H2,1-2H3;3*1H/t14-;;;/m0.../s1. The maximum absolute atomic E-state index is 12.1. The van der Waals surface area contributed by atoms with Crippen molar-refractivity contribution in [1.82, 2.24) is 19.6 Å². The van der Waals surface area contributed by atoms with Gasteiger partial charge in [0.2, 0.25) is 5.91 Å². The predicted molar refractivity (Wildman–Crippen MR) is 104 cm³/mol. The number of likely N-dealkylation sites (tertiary alicyclic amines) is 1. The van der Waals surface area contributed by atoms with Crippen molar-refractivity contribution < 1.29 is 4.79 Å². The molecule has 0 unspecified atom stereocenters. The summed E-state index contributed by atoms with van der Waals surface area (Å²) in [5.74, 6) is 0.0764. The van der Waals surface area contributed by atoms with E-state index in [4.69, 9.17) is 5.73 Å². The summed E-state index contributed by atoms with van der Waals surface area (Å²) in [5, 5.41) is 4.22. The molecule has 2 heterocycles. The van der Waals surface area contributed by atoms with Crippen molar-refractivity contribution in [3.63, 3.8) is 0 Å².